The summed E-state index contributed by atoms with van der Waals surface area (Å²) in [6.07, 6.45) is 1.60. The molecule has 2 N–H and O–H groups in total. The fraction of sp³-hybridized carbons (Fsp3) is 0.400. The molecule has 1 aromatic rings. The average Bonchev–Trinajstić information content (AvgIpc) is 2.53. The quantitative estimate of drug-likeness (QED) is 0.565. The van der Waals surface area contributed by atoms with Gasteiger partial charge in [0.25, 0.3) is 0 Å². The van der Waals surface area contributed by atoms with E-state index in [4.69, 9.17) is 5.11 Å². The van der Waals surface area contributed by atoms with Crippen LogP contribution >= 0.6 is 0 Å². The SMILES string of the molecule is CC(C)C(C(=O)O)C(=O)c1ccc[nH]1. The van der Waals surface area contributed by atoms with Gasteiger partial charge < -0.3 is 10.1 Å². The molecule has 0 fully saturated rings. The number of rotatable bonds is 4. The highest BCUT2D eigenvalue weighted by Gasteiger charge is 2.30. The molecule has 76 valence electrons. The molecule has 0 saturated carbocycles. The predicted octanol–water partition coefficient (Wildman–Crippen LogP) is 1.55. The van der Waals surface area contributed by atoms with Crippen LogP contribution in [0.15, 0.2) is 18.3 Å². The van der Waals surface area contributed by atoms with Crippen LogP contribution in [0.5, 0.6) is 0 Å². The summed E-state index contributed by atoms with van der Waals surface area (Å²) in [5.74, 6) is -2.60. The number of aliphatic carboxylic acids is 1. The van der Waals surface area contributed by atoms with Crippen LogP contribution in [-0.4, -0.2) is 21.8 Å². The maximum Gasteiger partial charge on any atom is 0.314 e. The van der Waals surface area contributed by atoms with Crippen molar-refractivity contribution in [2.24, 2.45) is 11.8 Å². The van der Waals surface area contributed by atoms with E-state index in [2.05, 4.69) is 4.98 Å². The van der Waals surface area contributed by atoms with Crippen LogP contribution in [0, 0.1) is 11.8 Å². The highest BCUT2D eigenvalue weighted by atomic mass is 16.4. The maximum absolute atomic E-state index is 11.7. The molecule has 14 heavy (non-hydrogen) atoms. The molecule has 0 aliphatic heterocycles. The number of ketones is 1. The molecule has 1 rings (SSSR count). The Morgan fingerprint density at radius 2 is 2.07 bits per heavy atom. The number of nitrogens with one attached hydrogen (secondary N) is 1. The molecule has 0 amide bonds. The zero-order valence-corrected chi connectivity index (χ0v) is 8.15. The minimum absolute atomic E-state index is 0.205. The standard InChI is InChI=1S/C10H13NO3/c1-6(2)8(10(13)14)9(12)7-4-3-5-11-7/h3-6,8,11H,1-2H3,(H,13,14). The molecule has 0 bridgehead atoms. The van der Waals surface area contributed by atoms with Gasteiger partial charge in [0.05, 0.1) is 5.69 Å². The Kier molecular flexibility index (Phi) is 3.06. The van der Waals surface area contributed by atoms with Crippen LogP contribution in [0.25, 0.3) is 0 Å². The Bertz CT molecular complexity index is 327. The van der Waals surface area contributed by atoms with Crippen molar-refractivity contribution in [1.82, 2.24) is 4.98 Å². The Morgan fingerprint density at radius 3 is 2.43 bits per heavy atom. The van der Waals surface area contributed by atoms with Crippen LogP contribution in [0.4, 0.5) is 0 Å². The Hall–Kier alpha value is -1.58. The van der Waals surface area contributed by atoms with Crippen molar-refractivity contribution in [3.8, 4) is 0 Å². The lowest BCUT2D eigenvalue weighted by Crippen LogP contribution is -2.28. The zero-order chi connectivity index (χ0) is 10.7. The molecule has 1 atom stereocenters. The second-order valence-electron chi connectivity index (χ2n) is 3.51. The van der Waals surface area contributed by atoms with Gasteiger partial charge in [-0.25, -0.2) is 0 Å². The fourth-order valence-electron chi connectivity index (χ4n) is 1.35. The Morgan fingerprint density at radius 1 is 1.43 bits per heavy atom. The zero-order valence-electron chi connectivity index (χ0n) is 8.15. The molecule has 1 unspecified atom stereocenters. The van der Waals surface area contributed by atoms with Crippen LogP contribution in [0.2, 0.25) is 0 Å². The number of Topliss-reactive ketones (excluding diaryl/α,β-unsaturated/α-hetero) is 1. The molecule has 0 radical (unpaired) electrons. The number of carboxylic acid groups (broad SMARTS) is 1. The second-order valence-corrected chi connectivity index (χ2v) is 3.51. The lowest BCUT2D eigenvalue weighted by molar-refractivity contribution is -0.141. The van der Waals surface area contributed by atoms with E-state index in [9.17, 15) is 9.59 Å². The van der Waals surface area contributed by atoms with Crippen LogP contribution in [-0.2, 0) is 4.79 Å². The van der Waals surface area contributed by atoms with Crippen LogP contribution in [0.3, 0.4) is 0 Å². The van der Waals surface area contributed by atoms with E-state index in [1.165, 1.54) is 0 Å². The third-order valence-corrected chi connectivity index (χ3v) is 2.08. The van der Waals surface area contributed by atoms with Gasteiger partial charge >= 0.3 is 5.97 Å². The summed E-state index contributed by atoms with van der Waals surface area (Å²) in [4.78, 5) is 25.2. The summed E-state index contributed by atoms with van der Waals surface area (Å²) in [6, 6.07) is 3.26. The summed E-state index contributed by atoms with van der Waals surface area (Å²) >= 11 is 0. The van der Waals surface area contributed by atoms with Gasteiger partial charge in [-0.15, -0.1) is 0 Å². The molecule has 1 aromatic heterocycles. The highest BCUT2D eigenvalue weighted by molar-refractivity contribution is 6.07. The van der Waals surface area contributed by atoms with Crippen molar-refractivity contribution in [2.75, 3.05) is 0 Å². The first-order valence-corrected chi connectivity index (χ1v) is 4.44. The van der Waals surface area contributed by atoms with Crippen LogP contribution < -0.4 is 0 Å². The van der Waals surface area contributed by atoms with E-state index in [-0.39, 0.29) is 11.7 Å². The summed E-state index contributed by atoms with van der Waals surface area (Å²) in [5, 5.41) is 8.88. The Balaban J connectivity index is 2.91. The number of carbonyl (C=O) groups excluding carboxylic acids is 1. The van der Waals surface area contributed by atoms with Gasteiger partial charge in [0.15, 0.2) is 5.78 Å². The first-order chi connectivity index (χ1) is 6.54. The van der Waals surface area contributed by atoms with E-state index >= 15 is 0 Å². The predicted molar refractivity (Wildman–Crippen MR) is 51.1 cm³/mol. The summed E-state index contributed by atoms with van der Waals surface area (Å²) < 4.78 is 0. The molecule has 0 aromatic carbocycles. The monoisotopic (exact) mass is 195 g/mol. The number of aromatic amines is 1. The summed E-state index contributed by atoms with van der Waals surface area (Å²) in [5.41, 5.74) is 0.353. The minimum Gasteiger partial charge on any atom is -0.481 e. The van der Waals surface area contributed by atoms with Gasteiger partial charge in [-0.05, 0) is 18.1 Å². The number of aromatic nitrogens is 1. The molecule has 1 heterocycles. The number of hydrogen-bond acceptors (Lipinski definition) is 2. The first kappa shape index (κ1) is 10.5. The molecule has 0 aliphatic carbocycles. The average molecular weight is 195 g/mol. The number of hydrogen-bond donors (Lipinski definition) is 2. The van der Waals surface area contributed by atoms with Gasteiger partial charge in [-0.3, -0.25) is 9.59 Å². The molecule has 0 saturated heterocycles. The largest absolute Gasteiger partial charge is 0.481 e. The number of carboxylic acids is 1. The fourth-order valence-corrected chi connectivity index (χ4v) is 1.35. The maximum atomic E-state index is 11.7. The first-order valence-electron chi connectivity index (χ1n) is 4.44. The van der Waals surface area contributed by atoms with Crippen molar-refractivity contribution in [1.29, 1.82) is 0 Å². The van der Waals surface area contributed by atoms with Gasteiger partial charge in [-0.2, -0.15) is 0 Å². The molecule has 4 nitrogen and oxygen atoms in total. The summed E-state index contributed by atoms with van der Waals surface area (Å²) in [6.45, 7) is 3.44. The van der Waals surface area contributed by atoms with E-state index < -0.39 is 11.9 Å². The third-order valence-electron chi connectivity index (χ3n) is 2.08. The minimum atomic E-state index is -1.07. The highest BCUT2D eigenvalue weighted by Crippen LogP contribution is 2.16. The molecule has 0 spiro atoms. The lowest BCUT2D eigenvalue weighted by atomic mass is 9.90. The molecule has 0 aliphatic rings. The normalized spacial score (nSPS) is 12.8. The lowest BCUT2D eigenvalue weighted by Gasteiger charge is -2.13. The van der Waals surface area contributed by atoms with Gasteiger partial charge in [-0.1, -0.05) is 13.8 Å². The van der Waals surface area contributed by atoms with Crippen molar-refractivity contribution in [3.05, 3.63) is 24.0 Å². The van der Waals surface area contributed by atoms with E-state index in [0.29, 0.717) is 5.69 Å². The second kappa shape index (κ2) is 4.09. The van der Waals surface area contributed by atoms with Crippen molar-refractivity contribution in [3.63, 3.8) is 0 Å². The van der Waals surface area contributed by atoms with E-state index in [1.54, 1.807) is 32.2 Å². The van der Waals surface area contributed by atoms with Gasteiger partial charge in [0.2, 0.25) is 0 Å². The smallest absolute Gasteiger partial charge is 0.314 e. The number of carbonyl (C=O) groups is 2. The Labute approximate surface area is 81.9 Å². The summed E-state index contributed by atoms with van der Waals surface area (Å²) in [7, 11) is 0. The topological polar surface area (TPSA) is 70.2 Å². The molecule has 4 heteroatoms. The molecular weight excluding hydrogens is 182 g/mol. The third kappa shape index (κ3) is 2.02. The van der Waals surface area contributed by atoms with E-state index in [0.717, 1.165) is 0 Å². The number of H-pyrrole nitrogens is 1. The van der Waals surface area contributed by atoms with Crippen molar-refractivity contribution in [2.45, 2.75) is 13.8 Å². The van der Waals surface area contributed by atoms with Crippen LogP contribution in [0.1, 0.15) is 24.3 Å². The van der Waals surface area contributed by atoms with Crippen molar-refractivity contribution >= 4 is 11.8 Å². The van der Waals surface area contributed by atoms with Gasteiger partial charge in [0, 0.05) is 6.20 Å². The van der Waals surface area contributed by atoms with E-state index in [1.807, 2.05) is 0 Å². The van der Waals surface area contributed by atoms with Gasteiger partial charge in [0.1, 0.15) is 5.92 Å². The molecular formula is C10H13NO3. The van der Waals surface area contributed by atoms with Crippen molar-refractivity contribution < 1.29 is 14.7 Å².